The van der Waals surface area contributed by atoms with Gasteiger partial charge in [0, 0.05) is 24.0 Å². The number of fused-ring (bicyclic) bond motifs is 1. The number of pyridine rings is 2. The molecule has 0 spiro atoms. The Morgan fingerprint density at radius 3 is 2.62 bits per heavy atom. The molecule has 132 valence electrons. The van der Waals surface area contributed by atoms with Gasteiger partial charge in [0.2, 0.25) is 0 Å². The van der Waals surface area contributed by atoms with Crippen LogP contribution in [-0.4, -0.2) is 29.2 Å². The number of hydrogen-bond acceptors (Lipinski definition) is 5. The highest BCUT2D eigenvalue weighted by molar-refractivity contribution is 7.90. The molecular weight excluding hydrogens is 350 g/mol. The van der Waals surface area contributed by atoms with Crippen molar-refractivity contribution in [3.8, 4) is 11.5 Å². The van der Waals surface area contributed by atoms with Crippen LogP contribution in [0.25, 0.3) is 22.5 Å². The maximum Gasteiger partial charge on any atom is 0.177 e. The van der Waals surface area contributed by atoms with Gasteiger partial charge in [-0.2, -0.15) is 0 Å². The molecule has 1 atom stereocenters. The van der Waals surface area contributed by atoms with Crippen LogP contribution in [0.3, 0.4) is 0 Å². The van der Waals surface area contributed by atoms with Gasteiger partial charge >= 0.3 is 0 Å². The molecule has 1 unspecified atom stereocenters. The van der Waals surface area contributed by atoms with E-state index in [1.165, 1.54) is 12.5 Å². The van der Waals surface area contributed by atoms with Gasteiger partial charge in [-0.15, -0.1) is 0 Å². The fourth-order valence-corrected chi connectivity index (χ4v) is 3.64. The molecule has 4 aromatic heterocycles. The van der Waals surface area contributed by atoms with Gasteiger partial charge < -0.3 is 8.98 Å². The first-order valence-electron chi connectivity index (χ1n) is 8.11. The molecule has 0 saturated heterocycles. The van der Waals surface area contributed by atoms with E-state index in [1.54, 1.807) is 18.5 Å². The zero-order chi connectivity index (χ0) is 18.3. The summed E-state index contributed by atoms with van der Waals surface area (Å²) in [5.74, 6) is 0.687. The summed E-state index contributed by atoms with van der Waals surface area (Å²) in [4.78, 5) is 9.08. The average Bonchev–Trinajstić information content (AvgIpc) is 3.28. The Hall–Kier alpha value is -2.93. The number of aromatic nitrogens is 3. The smallest absolute Gasteiger partial charge is 0.177 e. The zero-order valence-electron chi connectivity index (χ0n) is 14.3. The Kier molecular flexibility index (Phi) is 3.88. The van der Waals surface area contributed by atoms with E-state index in [0.717, 1.165) is 16.8 Å². The van der Waals surface area contributed by atoms with Crippen molar-refractivity contribution in [2.75, 3.05) is 6.26 Å². The van der Waals surface area contributed by atoms with Crippen LogP contribution >= 0.6 is 0 Å². The molecule has 7 heteroatoms. The predicted molar refractivity (Wildman–Crippen MR) is 98.6 cm³/mol. The van der Waals surface area contributed by atoms with Crippen LogP contribution in [0.4, 0.5) is 0 Å². The van der Waals surface area contributed by atoms with Crippen LogP contribution in [0.2, 0.25) is 0 Å². The number of hydrogen-bond donors (Lipinski definition) is 0. The third-order valence-corrected chi connectivity index (χ3v) is 5.43. The summed E-state index contributed by atoms with van der Waals surface area (Å²) in [6, 6.07) is 12.9. The second-order valence-electron chi connectivity index (χ2n) is 6.16. The van der Waals surface area contributed by atoms with Gasteiger partial charge in [0.1, 0.15) is 11.4 Å². The lowest BCUT2D eigenvalue weighted by Crippen LogP contribution is -2.10. The van der Waals surface area contributed by atoms with Gasteiger partial charge in [0.05, 0.1) is 28.6 Å². The van der Waals surface area contributed by atoms with Gasteiger partial charge in [0.15, 0.2) is 9.84 Å². The highest BCUT2D eigenvalue weighted by Crippen LogP contribution is 2.33. The zero-order valence-corrected chi connectivity index (χ0v) is 15.1. The first-order chi connectivity index (χ1) is 12.4. The Labute approximate surface area is 151 Å². The van der Waals surface area contributed by atoms with Crippen molar-refractivity contribution in [3.63, 3.8) is 0 Å². The quantitative estimate of drug-likeness (QED) is 0.549. The SMILES string of the molecule is CC(c1ccccn1)n1c(-c2ccco2)cc2cc(S(C)(=O)=O)cnc21. The van der Waals surface area contributed by atoms with Crippen molar-refractivity contribution in [3.05, 3.63) is 66.8 Å². The molecule has 4 rings (SSSR count). The second kappa shape index (κ2) is 6.10. The van der Waals surface area contributed by atoms with E-state index < -0.39 is 9.84 Å². The minimum atomic E-state index is -3.33. The Balaban J connectivity index is 1.98. The van der Waals surface area contributed by atoms with E-state index in [4.69, 9.17) is 4.42 Å². The number of rotatable bonds is 4. The molecular formula is C19H17N3O3S. The summed E-state index contributed by atoms with van der Waals surface area (Å²) >= 11 is 0. The van der Waals surface area contributed by atoms with E-state index in [9.17, 15) is 8.42 Å². The summed E-state index contributed by atoms with van der Waals surface area (Å²) in [6.45, 7) is 2.03. The van der Waals surface area contributed by atoms with Gasteiger partial charge in [-0.05, 0) is 43.3 Å². The average molecular weight is 367 g/mol. The minimum Gasteiger partial charge on any atom is -0.463 e. The van der Waals surface area contributed by atoms with E-state index in [2.05, 4.69) is 9.97 Å². The van der Waals surface area contributed by atoms with Gasteiger partial charge in [-0.1, -0.05) is 6.07 Å². The van der Waals surface area contributed by atoms with Crippen LogP contribution in [-0.2, 0) is 9.84 Å². The van der Waals surface area contributed by atoms with Crippen LogP contribution in [0.15, 0.2) is 70.4 Å². The Morgan fingerprint density at radius 2 is 1.96 bits per heavy atom. The highest BCUT2D eigenvalue weighted by atomic mass is 32.2. The third-order valence-electron chi connectivity index (χ3n) is 4.35. The fourth-order valence-electron chi connectivity index (χ4n) is 3.06. The van der Waals surface area contributed by atoms with Gasteiger partial charge in [-0.25, -0.2) is 13.4 Å². The minimum absolute atomic E-state index is 0.106. The molecule has 0 aromatic carbocycles. The van der Waals surface area contributed by atoms with Crippen molar-refractivity contribution in [2.45, 2.75) is 17.9 Å². The van der Waals surface area contributed by atoms with Crippen molar-refractivity contribution < 1.29 is 12.8 Å². The Bertz CT molecular complexity index is 1160. The lowest BCUT2D eigenvalue weighted by molar-refractivity contribution is 0.564. The maximum absolute atomic E-state index is 11.9. The summed E-state index contributed by atoms with van der Waals surface area (Å²) in [7, 11) is -3.33. The number of sulfone groups is 1. The summed E-state index contributed by atoms with van der Waals surface area (Å²) < 4.78 is 31.4. The highest BCUT2D eigenvalue weighted by Gasteiger charge is 2.21. The molecule has 26 heavy (non-hydrogen) atoms. The standard InChI is InChI=1S/C19H17N3O3S/c1-13(16-6-3-4-8-20-16)22-17(18-7-5-9-25-18)11-14-10-15(26(2,23)24)12-21-19(14)22/h3-13H,1-2H3. The van der Waals surface area contributed by atoms with Crippen molar-refractivity contribution in [2.24, 2.45) is 0 Å². The molecule has 0 fully saturated rings. The molecule has 4 heterocycles. The fraction of sp³-hybridized carbons (Fsp3) is 0.158. The van der Waals surface area contributed by atoms with E-state index in [-0.39, 0.29) is 10.9 Å². The van der Waals surface area contributed by atoms with Crippen LogP contribution in [0, 0.1) is 0 Å². The molecule has 0 aliphatic carbocycles. The predicted octanol–water partition coefficient (Wildman–Crippen LogP) is 3.70. The summed E-state index contributed by atoms with van der Waals surface area (Å²) in [6.07, 6.45) is 5.93. The van der Waals surface area contributed by atoms with Crippen molar-refractivity contribution >= 4 is 20.9 Å². The molecule has 0 saturated carbocycles. The molecule has 0 amide bonds. The molecule has 0 aliphatic rings. The number of nitrogens with zero attached hydrogens (tertiary/aromatic N) is 3. The van der Waals surface area contributed by atoms with Gasteiger partial charge in [0.25, 0.3) is 0 Å². The normalized spacial score (nSPS) is 13.2. The molecule has 4 aromatic rings. The molecule has 0 bridgehead atoms. The topological polar surface area (TPSA) is 78.0 Å². The third kappa shape index (κ3) is 2.80. The molecule has 0 radical (unpaired) electrons. The lowest BCUT2D eigenvalue weighted by Gasteiger charge is -2.17. The van der Waals surface area contributed by atoms with Crippen molar-refractivity contribution in [1.82, 2.24) is 14.5 Å². The van der Waals surface area contributed by atoms with Crippen molar-refractivity contribution in [1.29, 1.82) is 0 Å². The van der Waals surface area contributed by atoms with Crippen LogP contribution in [0.5, 0.6) is 0 Å². The second-order valence-corrected chi connectivity index (χ2v) is 8.18. The van der Waals surface area contributed by atoms with E-state index >= 15 is 0 Å². The van der Waals surface area contributed by atoms with E-state index in [1.807, 2.05) is 47.9 Å². The first kappa shape index (κ1) is 16.5. The summed E-state index contributed by atoms with van der Waals surface area (Å²) in [5.41, 5.74) is 2.38. The molecule has 6 nitrogen and oxygen atoms in total. The molecule has 0 aliphatic heterocycles. The van der Waals surface area contributed by atoms with Gasteiger partial charge in [-0.3, -0.25) is 4.98 Å². The van der Waals surface area contributed by atoms with Crippen LogP contribution < -0.4 is 0 Å². The monoisotopic (exact) mass is 367 g/mol. The van der Waals surface area contributed by atoms with Crippen LogP contribution in [0.1, 0.15) is 18.7 Å². The maximum atomic E-state index is 11.9. The Morgan fingerprint density at radius 1 is 1.12 bits per heavy atom. The summed E-state index contributed by atoms with van der Waals surface area (Å²) in [5, 5.41) is 0.738. The first-order valence-corrected chi connectivity index (χ1v) is 10.00. The lowest BCUT2D eigenvalue weighted by atomic mass is 10.2. The number of furan rings is 1. The largest absolute Gasteiger partial charge is 0.463 e. The van der Waals surface area contributed by atoms with E-state index in [0.29, 0.717) is 11.4 Å². The molecule has 0 N–H and O–H groups in total.